The first-order valence-corrected chi connectivity index (χ1v) is 5.88. The van der Waals surface area contributed by atoms with Crippen molar-refractivity contribution in [1.82, 2.24) is 9.38 Å². The van der Waals surface area contributed by atoms with Crippen LogP contribution in [0.25, 0.3) is 16.9 Å². The van der Waals surface area contributed by atoms with Gasteiger partial charge in [-0.25, -0.2) is 9.37 Å². The third-order valence-corrected chi connectivity index (χ3v) is 2.98. The average Bonchev–Trinajstić information content (AvgIpc) is 2.79. The minimum atomic E-state index is -0.344. The molecule has 2 heterocycles. The van der Waals surface area contributed by atoms with E-state index in [-0.39, 0.29) is 12.2 Å². The summed E-state index contributed by atoms with van der Waals surface area (Å²) in [5.74, 6) is -0.344. The third kappa shape index (κ3) is 1.95. The van der Waals surface area contributed by atoms with Gasteiger partial charge >= 0.3 is 0 Å². The number of rotatable bonds is 2. The maximum atomic E-state index is 13.3. The number of aromatic nitrogens is 2. The van der Waals surface area contributed by atoms with Crippen molar-refractivity contribution < 1.29 is 4.39 Å². The van der Waals surface area contributed by atoms with Crippen LogP contribution in [0, 0.1) is 17.1 Å². The molecular weight excluding hydrogens is 241 g/mol. The van der Waals surface area contributed by atoms with Crippen molar-refractivity contribution in [2.45, 2.75) is 6.42 Å². The normalized spacial score (nSPS) is 10.5. The molecule has 0 aliphatic carbocycles. The van der Waals surface area contributed by atoms with Crippen molar-refractivity contribution in [3.05, 3.63) is 60.2 Å². The highest BCUT2D eigenvalue weighted by molar-refractivity contribution is 5.66. The van der Waals surface area contributed by atoms with Gasteiger partial charge in [-0.05, 0) is 12.1 Å². The number of fused-ring (bicyclic) bond motifs is 1. The first kappa shape index (κ1) is 11.4. The molecule has 0 saturated carbocycles. The summed E-state index contributed by atoms with van der Waals surface area (Å²) in [7, 11) is 0. The van der Waals surface area contributed by atoms with Crippen LogP contribution in [-0.4, -0.2) is 9.38 Å². The molecule has 3 aromatic rings. The largest absolute Gasteiger partial charge is 0.299 e. The summed E-state index contributed by atoms with van der Waals surface area (Å²) in [6, 6.07) is 14.7. The van der Waals surface area contributed by atoms with E-state index >= 15 is 0 Å². The predicted molar refractivity (Wildman–Crippen MR) is 69.9 cm³/mol. The molecule has 0 N–H and O–H groups in total. The van der Waals surface area contributed by atoms with E-state index in [1.54, 1.807) is 10.5 Å². The summed E-state index contributed by atoms with van der Waals surface area (Å²) in [6.45, 7) is 0. The fourth-order valence-electron chi connectivity index (χ4n) is 2.14. The highest BCUT2D eigenvalue weighted by Crippen LogP contribution is 2.24. The summed E-state index contributed by atoms with van der Waals surface area (Å²) in [4.78, 5) is 4.49. The number of nitrogens with zero attached hydrogens (tertiary/aromatic N) is 3. The van der Waals surface area contributed by atoms with Crippen molar-refractivity contribution in [1.29, 1.82) is 5.26 Å². The minimum absolute atomic E-state index is 0.189. The van der Waals surface area contributed by atoms with Gasteiger partial charge in [-0.15, -0.1) is 0 Å². The number of benzene rings is 1. The second-order valence-electron chi connectivity index (χ2n) is 4.18. The number of hydrogen-bond acceptors (Lipinski definition) is 2. The lowest BCUT2D eigenvalue weighted by molar-refractivity contribution is 0.618. The highest BCUT2D eigenvalue weighted by Gasteiger charge is 2.13. The molecule has 0 aliphatic rings. The van der Waals surface area contributed by atoms with E-state index in [1.165, 1.54) is 12.3 Å². The Morgan fingerprint density at radius 2 is 1.95 bits per heavy atom. The molecule has 3 rings (SSSR count). The molecule has 0 aliphatic heterocycles. The van der Waals surface area contributed by atoms with Crippen LogP contribution in [0.5, 0.6) is 0 Å². The zero-order chi connectivity index (χ0) is 13.2. The van der Waals surface area contributed by atoms with Crippen LogP contribution in [0.2, 0.25) is 0 Å². The minimum Gasteiger partial charge on any atom is -0.299 e. The van der Waals surface area contributed by atoms with Gasteiger partial charge in [0.1, 0.15) is 11.5 Å². The monoisotopic (exact) mass is 251 g/mol. The van der Waals surface area contributed by atoms with E-state index in [4.69, 9.17) is 5.26 Å². The highest BCUT2D eigenvalue weighted by atomic mass is 19.1. The molecular formula is C15H10FN3. The van der Waals surface area contributed by atoms with Crippen LogP contribution in [0.3, 0.4) is 0 Å². The van der Waals surface area contributed by atoms with Crippen molar-refractivity contribution in [3.63, 3.8) is 0 Å². The second-order valence-corrected chi connectivity index (χ2v) is 4.18. The molecule has 0 amide bonds. The number of hydrogen-bond donors (Lipinski definition) is 0. The standard InChI is InChI=1S/C15H10FN3/c16-12-6-7-14-18-15(11-4-2-1-3-5-11)13(8-9-17)19(14)10-12/h1-7,10H,8H2. The molecule has 0 fully saturated rings. The first-order chi connectivity index (χ1) is 9.29. The summed E-state index contributed by atoms with van der Waals surface area (Å²) < 4.78 is 15.0. The van der Waals surface area contributed by atoms with Crippen molar-refractivity contribution >= 4 is 5.65 Å². The molecule has 0 saturated heterocycles. The molecule has 3 nitrogen and oxygen atoms in total. The Hall–Kier alpha value is -2.67. The van der Waals surface area contributed by atoms with Crippen LogP contribution < -0.4 is 0 Å². The number of nitriles is 1. The zero-order valence-electron chi connectivity index (χ0n) is 10.0. The Balaban J connectivity index is 2.30. The van der Waals surface area contributed by atoms with Crippen LogP contribution in [-0.2, 0) is 6.42 Å². The average molecular weight is 251 g/mol. The van der Waals surface area contributed by atoms with Crippen molar-refractivity contribution in [3.8, 4) is 17.3 Å². The maximum absolute atomic E-state index is 13.3. The molecule has 0 spiro atoms. The molecule has 4 heteroatoms. The van der Waals surface area contributed by atoms with E-state index in [0.29, 0.717) is 11.3 Å². The SMILES string of the molecule is N#CCc1c(-c2ccccc2)nc2ccc(F)cn12. The van der Waals surface area contributed by atoms with Crippen LogP contribution in [0.4, 0.5) is 4.39 Å². The van der Waals surface area contributed by atoms with Gasteiger partial charge in [0.15, 0.2) is 0 Å². The molecule has 0 radical (unpaired) electrons. The van der Waals surface area contributed by atoms with Gasteiger partial charge in [-0.2, -0.15) is 5.26 Å². The molecule has 0 unspecified atom stereocenters. The molecule has 0 atom stereocenters. The summed E-state index contributed by atoms with van der Waals surface area (Å²) >= 11 is 0. The molecule has 19 heavy (non-hydrogen) atoms. The fraction of sp³-hybridized carbons (Fsp3) is 0.0667. The van der Waals surface area contributed by atoms with E-state index in [9.17, 15) is 4.39 Å². The first-order valence-electron chi connectivity index (χ1n) is 5.88. The fourth-order valence-corrected chi connectivity index (χ4v) is 2.14. The van der Waals surface area contributed by atoms with Gasteiger partial charge in [0, 0.05) is 11.8 Å². The molecule has 0 bridgehead atoms. The Morgan fingerprint density at radius 3 is 2.68 bits per heavy atom. The molecule has 2 aromatic heterocycles. The van der Waals surface area contributed by atoms with E-state index in [2.05, 4.69) is 11.1 Å². The van der Waals surface area contributed by atoms with E-state index in [1.807, 2.05) is 30.3 Å². The summed E-state index contributed by atoms with van der Waals surface area (Å²) in [5.41, 5.74) is 3.01. The van der Waals surface area contributed by atoms with Crippen LogP contribution in [0.15, 0.2) is 48.7 Å². The number of imidazole rings is 1. The van der Waals surface area contributed by atoms with Gasteiger partial charge in [0.25, 0.3) is 0 Å². The van der Waals surface area contributed by atoms with Gasteiger partial charge in [0.05, 0.1) is 23.9 Å². The summed E-state index contributed by atoms with van der Waals surface area (Å²) in [6.07, 6.45) is 1.55. The maximum Gasteiger partial charge on any atom is 0.139 e. The van der Waals surface area contributed by atoms with Crippen molar-refractivity contribution in [2.75, 3.05) is 0 Å². The lowest BCUT2D eigenvalue weighted by Gasteiger charge is -2.01. The smallest absolute Gasteiger partial charge is 0.139 e. The topological polar surface area (TPSA) is 41.1 Å². The van der Waals surface area contributed by atoms with E-state index < -0.39 is 0 Å². The number of pyridine rings is 1. The van der Waals surface area contributed by atoms with Crippen LogP contribution >= 0.6 is 0 Å². The number of halogens is 1. The van der Waals surface area contributed by atoms with Crippen molar-refractivity contribution in [2.24, 2.45) is 0 Å². The quantitative estimate of drug-likeness (QED) is 0.701. The Kier molecular flexibility index (Phi) is 2.73. The van der Waals surface area contributed by atoms with Gasteiger partial charge in [-0.1, -0.05) is 30.3 Å². The van der Waals surface area contributed by atoms with Gasteiger partial charge in [0.2, 0.25) is 0 Å². The second kappa shape index (κ2) is 4.54. The van der Waals surface area contributed by atoms with Crippen LogP contribution in [0.1, 0.15) is 5.69 Å². The Morgan fingerprint density at radius 1 is 1.16 bits per heavy atom. The van der Waals surface area contributed by atoms with Gasteiger partial charge in [-0.3, -0.25) is 4.40 Å². The third-order valence-electron chi connectivity index (χ3n) is 2.98. The van der Waals surface area contributed by atoms with E-state index in [0.717, 1.165) is 11.3 Å². The lowest BCUT2D eigenvalue weighted by atomic mass is 10.1. The molecule has 92 valence electrons. The van der Waals surface area contributed by atoms with Gasteiger partial charge < -0.3 is 0 Å². The lowest BCUT2D eigenvalue weighted by Crippen LogP contribution is -1.94. The Labute approximate surface area is 109 Å². The zero-order valence-corrected chi connectivity index (χ0v) is 10.0. The Bertz CT molecular complexity index is 769. The molecule has 1 aromatic carbocycles. The predicted octanol–water partition coefficient (Wildman–Crippen LogP) is 3.21. The summed E-state index contributed by atoms with van der Waals surface area (Å²) in [5, 5.41) is 8.95.